The van der Waals surface area contributed by atoms with Crippen molar-refractivity contribution in [3.8, 4) is 0 Å². The molecule has 0 aromatic carbocycles. The summed E-state index contributed by atoms with van der Waals surface area (Å²) < 4.78 is 44.9. The van der Waals surface area contributed by atoms with Gasteiger partial charge in [0, 0.05) is 0 Å². The van der Waals surface area contributed by atoms with Crippen LogP contribution in [0.4, 0.5) is 0 Å². The van der Waals surface area contributed by atoms with Gasteiger partial charge in [-0.15, -0.1) is 0 Å². The standard InChI is InChI=1S/C8H12O9S/c9-6(10)3-5(18(12,13)14)8(11)17-7-4-15-1-2-16-7/h5,7H,1-4H2,(H,9,10)(H,12,13,14). The molecule has 0 spiro atoms. The first kappa shape index (κ1) is 14.8. The van der Waals surface area contributed by atoms with Gasteiger partial charge in [0.15, 0.2) is 5.25 Å². The van der Waals surface area contributed by atoms with Crippen molar-refractivity contribution in [3.63, 3.8) is 0 Å². The van der Waals surface area contributed by atoms with Crippen LogP contribution >= 0.6 is 0 Å². The highest BCUT2D eigenvalue weighted by molar-refractivity contribution is 7.87. The molecule has 18 heavy (non-hydrogen) atoms. The number of ether oxygens (including phenoxy) is 3. The fourth-order valence-electron chi connectivity index (χ4n) is 1.21. The molecule has 0 aromatic heterocycles. The Labute approximate surface area is 102 Å². The maximum Gasteiger partial charge on any atom is 0.329 e. The first-order valence-corrected chi connectivity index (χ1v) is 6.39. The van der Waals surface area contributed by atoms with E-state index in [4.69, 9.17) is 19.1 Å². The average molecular weight is 284 g/mol. The number of hydrogen-bond donors (Lipinski definition) is 2. The van der Waals surface area contributed by atoms with Crippen LogP contribution in [0.1, 0.15) is 6.42 Å². The Hall–Kier alpha value is -1.23. The third-order valence-corrected chi connectivity index (χ3v) is 3.09. The molecule has 1 saturated heterocycles. The molecule has 2 N–H and O–H groups in total. The third kappa shape index (κ3) is 4.56. The molecule has 1 heterocycles. The van der Waals surface area contributed by atoms with E-state index in [0.29, 0.717) is 6.61 Å². The zero-order chi connectivity index (χ0) is 13.8. The summed E-state index contributed by atoms with van der Waals surface area (Å²) in [6.07, 6.45) is -2.20. The minimum atomic E-state index is -4.86. The van der Waals surface area contributed by atoms with Gasteiger partial charge >= 0.3 is 11.9 Å². The Morgan fingerprint density at radius 2 is 2.06 bits per heavy atom. The van der Waals surface area contributed by atoms with Crippen LogP contribution < -0.4 is 0 Å². The van der Waals surface area contributed by atoms with Crippen molar-refractivity contribution in [1.82, 2.24) is 0 Å². The molecule has 1 rings (SSSR count). The van der Waals surface area contributed by atoms with E-state index in [1.807, 2.05) is 0 Å². The Bertz CT molecular complexity index is 408. The van der Waals surface area contributed by atoms with Gasteiger partial charge < -0.3 is 19.3 Å². The molecule has 10 heteroatoms. The molecule has 2 unspecified atom stereocenters. The quantitative estimate of drug-likeness (QED) is 0.462. The summed E-state index contributed by atoms with van der Waals surface area (Å²) in [5.41, 5.74) is 0. The number of carboxylic acid groups (broad SMARTS) is 1. The summed E-state index contributed by atoms with van der Waals surface area (Å²) in [4.78, 5) is 21.8. The number of carboxylic acids is 1. The topological polar surface area (TPSA) is 136 Å². The van der Waals surface area contributed by atoms with Gasteiger partial charge in [0.1, 0.15) is 6.61 Å². The molecule has 0 amide bonds. The van der Waals surface area contributed by atoms with Crippen LogP contribution in [0, 0.1) is 0 Å². The van der Waals surface area contributed by atoms with Crippen LogP contribution in [0.15, 0.2) is 0 Å². The van der Waals surface area contributed by atoms with Gasteiger partial charge in [-0.2, -0.15) is 8.42 Å². The minimum Gasteiger partial charge on any atom is -0.481 e. The molecule has 1 fully saturated rings. The van der Waals surface area contributed by atoms with E-state index in [-0.39, 0.29) is 13.2 Å². The lowest BCUT2D eigenvalue weighted by molar-refractivity contribution is -0.214. The second-order valence-corrected chi connectivity index (χ2v) is 5.01. The highest BCUT2D eigenvalue weighted by Crippen LogP contribution is 2.11. The van der Waals surface area contributed by atoms with E-state index in [9.17, 15) is 18.0 Å². The predicted molar refractivity (Wildman–Crippen MR) is 54.2 cm³/mol. The Kier molecular flexibility index (Phi) is 5.02. The number of carbonyl (C=O) groups is 2. The van der Waals surface area contributed by atoms with Crippen molar-refractivity contribution in [1.29, 1.82) is 0 Å². The van der Waals surface area contributed by atoms with Crippen LogP contribution in [0.5, 0.6) is 0 Å². The van der Waals surface area contributed by atoms with Crippen molar-refractivity contribution in [2.75, 3.05) is 19.8 Å². The Morgan fingerprint density at radius 3 is 2.50 bits per heavy atom. The molecule has 1 aliphatic rings. The molecule has 0 radical (unpaired) electrons. The van der Waals surface area contributed by atoms with Crippen molar-refractivity contribution in [3.05, 3.63) is 0 Å². The lowest BCUT2D eigenvalue weighted by Crippen LogP contribution is -2.40. The summed E-state index contributed by atoms with van der Waals surface area (Å²) in [7, 11) is -4.86. The van der Waals surface area contributed by atoms with Crippen LogP contribution in [-0.2, 0) is 33.9 Å². The van der Waals surface area contributed by atoms with Gasteiger partial charge in [0.05, 0.1) is 19.6 Å². The fourth-order valence-corrected chi connectivity index (χ4v) is 1.86. The van der Waals surface area contributed by atoms with E-state index in [1.165, 1.54) is 0 Å². The smallest absolute Gasteiger partial charge is 0.329 e. The van der Waals surface area contributed by atoms with Gasteiger partial charge in [0.25, 0.3) is 10.1 Å². The fraction of sp³-hybridized carbons (Fsp3) is 0.750. The second-order valence-electron chi connectivity index (χ2n) is 3.41. The van der Waals surface area contributed by atoms with Gasteiger partial charge in [-0.25, -0.2) is 0 Å². The second kappa shape index (κ2) is 6.09. The molecular weight excluding hydrogens is 272 g/mol. The lowest BCUT2D eigenvalue weighted by atomic mass is 10.3. The largest absolute Gasteiger partial charge is 0.481 e. The number of hydrogen-bond acceptors (Lipinski definition) is 7. The highest BCUT2D eigenvalue weighted by atomic mass is 32.2. The Morgan fingerprint density at radius 1 is 1.39 bits per heavy atom. The SMILES string of the molecule is O=C(O)CC(C(=O)OC1COCCO1)S(=O)(=O)O. The summed E-state index contributed by atoms with van der Waals surface area (Å²) >= 11 is 0. The number of aliphatic carboxylic acids is 1. The number of esters is 1. The van der Waals surface area contributed by atoms with Gasteiger partial charge in [0.2, 0.25) is 6.29 Å². The van der Waals surface area contributed by atoms with E-state index in [0.717, 1.165) is 0 Å². The first-order valence-electron chi connectivity index (χ1n) is 4.88. The van der Waals surface area contributed by atoms with E-state index in [2.05, 4.69) is 4.74 Å². The summed E-state index contributed by atoms with van der Waals surface area (Å²) in [5, 5.41) is 6.28. The van der Waals surface area contributed by atoms with Crippen LogP contribution in [0.25, 0.3) is 0 Å². The van der Waals surface area contributed by atoms with Crippen molar-refractivity contribution >= 4 is 22.1 Å². The van der Waals surface area contributed by atoms with Crippen LogP contribution in [0.2, 0.25) is 0 Å². The number of carbonyl (C=O) groups excluding carboxylic acids is 1. The lowest BCUT2D eigenvalue weighted by Gasteiger charge is -2.23. The van der Waals surface area contributed by atoms with E-state index in [1.54, 1.807) is 0 Å². The monoisotopic (exact) mass is 284 g/mol. The molecule has 0 bridgehead atoms. The average Bonchev–Trinajstić information content (AvgIpc) is 2.25. The molecule has 0 aliphatic carbocycles. The summed E-state index contributed by atoms with van der Waals surface area (Å²) in [6.45, 7) is 0.384. The van der Waals surface area contributed by atoms with Gasteiger partial charge in [-0.1, -0.05) is 0 Å². The molecule has 1 aliphatic heterocycles. The molecule has 104 valence electrons. The van der Waals surface area contributed by atoms with E-state index < -0.39 is 40.0 Å². The van der Waals surface area contributed by atoms with Gasteiger partial charge in [-0.05, 0) is 0 Å². The van der Waals surface area contributed by atoms with Crippen molar-refractivity contribution < 1.29 is 41.9 Å². The van der Waals surface area contributed by atoms with Crippen molar-refractivity contribution in [2.45, 2.75) is 18.0 Å². The number of rotatable bonds is 5. The van der Waals surface area contributed by atoms with Crippen molar-refractivity contribution in [2.24, 2.45) is 0 Å². The normalized spacial score (nSPS) is 22.2. The first-order chi connectivity index (χ1) is 8.30. The summed E-state index contributed by atoms with van der Waals surface area (Å²) in [6, 6.07) is 0. The van der Waals surface area contributed by atoms with E-state index >= 15 is 0 Å². The minimum absolute atomic E-state index is 0.0863. The third-order valence-electron chi connectivity index (χ3n) is 2.02. The maximum atomic E-state index is 11.4. The Balaban J connectivity index is 2.67. The zero-order valence-corrected chi connectivity index (χ0v) is 9.96. The molecule has 0 saturated carbocycles. The van der Waals surface area contributed by atoms with Gasteiger partial charge in [-0.3, -0.25) is 14.1 Å². The zero-order valence-electron chi connectivity index (χ0n) is 9.14. The highest BCUT2D eigenvalue weighted by Gasteiger charge is 2.36. The maximum absolute atomic E-state index is 11.4. The van der Waals surface area contributed by atoms with Crippen LogP contribution in [0.3, 0.4) is 0 Å². The summed E-state index contributed by atoms with van der Waals surface area (Å²) in [5.74, 6) is -2.95. The molecule has 2 atom stereocenters. The van der Waals surface area contributed by atoms with Crippen LogP contribution in [-0.4, -0.2) is 61.4 Å². The molecule has 0 aromatic rings. The predicted octanol–water partition coefficient (Wildman–Crippen LogP) is -1.37. The molecule has 9 nitrogen and oxygen atoms in total. The molecular formula is C8H12O9S.